The van der Waals surface area contributed by atoms with Gasteiger partial charge in [0.25, 0.3) is 0 Å². The number of carbonyl (C=O) groups is 1. The lowest BCUT2D eigenvalue weighted by molar-refractivity contribution is -0.140. The molecule has 17 heavy (non-hydrogen) atoms. The van der Waals surface area contributed by atoms with Crippen LogP contribution in [0.5, 0.6) is 0 Å². The van der Waals surface area contributed by atoms with Gasteiger partial charge >= 0.3 is 5.97 Å². The van der Waals surface area contributed by atoms with E-state index in [0.717, 1.165) is 32.2 Å². The summed E-state index contributed by atoms with van der Waals surface area (Å²) in [5, 5.41) is 12.5. The molecule has 4 heteroatoms. The maximum atomic E-state index is 11.1. The van der Waals surface area contributed by atoms with Gasteiger partial charge in [-0.15, -0.1) is 0 Å². The lowest BCUT2D eigenvalue weighted by Gasteiger charge is -2.36. The topological polar surface area (TPSA) is 52.6 Å². The minimum Gasteiger partial charge on any atom is -0.480 e. The SMILES string of the molecule is CCCC(NC1CCN2CCCC2C1)C(=O)O. The van der Waals surface area contributed by atoms with Crippen LogP contribution in [-0.4, -0.2) is 47.2 Å². The van der Waals surface area contributed by atoms with Crippen molar-refractivity contribution < 1.29 is 9.90 Å². The molecular formula is C13H24N2O2. The molecule has 2 rings (SSSR count). The summed E-state index contributed by atoms with van der Waals surface area (Å²) >= 11 is 0. The van der Waals surface area contributed by atoms with Crippen LogP contribution in [0.4, 0.5) is 0 Å². The van der Waals surface area contributed by atoms with E-state index in [9.17, 15) is 4.79 Å². The quantitative estimate of drug-likeness (QED) is 0.764. The van der Waals surface area contributed by atoms with Crippen LogP contribution in [0.3, 0.4) is 0 Å². The van der Waals surface area contributed by atoms with Crippen molar-refractivity contribution >= 4 is 5.97 Å². The summed E-state index contributed by atoms with van der Waals surface area (Å²) in [5.41, 5.74) is 0. The number of aliphatic carboxylic acids is 1. The average Bonchev–Trinajstić information content (AvgIpc) is 2.75. The first-order valence-corrected chi connectivity index (χ1v) is 6.93. The van der Waals surface area contributed by atoms with Crippen LogP contribution < -0.4 is 5.32 Å². The van der Waals surface area contributed by atoms with Crippen LogP contribution in [-0.2, 0) is 4.79 Å². The van der Waals surface area contributed by atoms with Crippen molar-refractivity contribution in [2.75, 3.05) is 13.1 Å². The Hall–Kier alpha value is -0.610. The highest BCUT2D eigenvalue weighted by Crippen LogP contribution is 2.27. The summed E-state index contributed by atoms with van der Waals surface area (Å²) in [4.78, 5) is 13.7. The molecule has 0 aromatic heterocycles. The molecule has 0 aliphatic carbocycles. The van der Waals surface area contributed by atoms with Crippen LogP contribution >= 0.6 is 0 Å². The second-order valence-corrected chi connectivity index (χ2v) is 5.40. The van der Waals surface area contributed by atoms with E-state index in [1.54, 1.807) is 0 Å². The zero-order valence-electron chi connectivity index (χ0n) is 10.7. The van der Waals surface area contributed by atoms with Gasteiger partial charge in [0.1, 0.15) is 6.04 Å². The summed E-state index contributed by atoms with van der Waals surface area (Å²) in [6.45, 7) is 4.42. The molecule has 3 atom stereocenters. The minimum atomic E-state index is -0.694. The standard InChI is InChI=1S/C13H24N2O2/c1-2-4-12(13(16)17)14-10-6-8-15-7-3-5-11(15)9-10/h10-12,14H,2-9H2,1H3,(H,16,17). The second kappa shape index (κ2) is 5.83. The van der Waals surface area contributed by atoms with Crippen molar-refractivity contribution in [2.24, 2.45) is 0 Å². The molecule has 0 saturated carbocycles. The van der Waals surface area contributed by atoms with E-state index in [1.165, 1.54) is 19.4 Å². The molecule has 98 valence electrons. The van der Waals surface area contributed by atoms with E-state index < -0.39 is 5.97 Å². The Kier molecular flexibility index (Phi) is 4.40. The zero-order chi connectivity index (χ0) is 12.3. The summed E-state index contributed by atoms with van der Waals surface area (Å²) < 4.78 is 0. The molecule has 2 saturated heterocycles. The van der Waals surface area contributed by atoms with Gasteiger partial charge in [-0.1, -0.05) is 13.3 Å². The van der Waals surface area contributed by atoms with Crippen LogP contribution in [0.25, 0.3) is 0 Å². The largest absolute Gasteiger partial charge is 0.480 e. The molecule has 2 heterocycles. The summed E-state index contributed by atoms with van der Waals surface area (Å²) in [7, 11) is 0. The Labute approximate surface area is 103 Å². The molecule has 2 N–H and O–H groups in total. The molecule has 0 amide bonds. The average molecular weight is 240 g/mol. The highest BCUT2D eigenvalue weighted by atomic mass is 16.4. The molecule has 2 aliphatic heterocycles. The van der Waals surface area contributed by atoms with Gasteiger partial charge in [-0.05, 0) is 45.2 Å². The first-order valence-electron chi connectivity index (χ1n) is 6.93. The molecule has 0 radical (unpaired) electrons. The lowest BCUT2D eigenvalue weighted by Crippen LogP contribution is -2.50. The van der Waals surface area contributed by atoms with E-state index in [2.05, 4.69) is 10.2 Å². The van der Waals surface area contributed by atoms with Crippen molar-refractivity contribution in [3.05, 3.63) is 0 Å². The maximum Gasteiger partial charge on any atom is 0.320 e. The fourth-order valence-corrected chi connectivity index (χ4v) is 3.23. The highest BCUT2D eigenvalue weighted by Gasteiger charge is 2.33. The molecule has 0 aromatic carbocycles. The molecule has 0 bridgehead atoms. The number of nitrogens with one attached hydrogen (secondary N) is 1. The maximum absolute atomic E-state index is 11.1. The molecule has 4 nitrogen and oxygen atoms in total. The highest BCUT2D eigenvalue weighted by molar-refractivity contribution is 5.73. The minimum absolute atomic E-state index is 0.349. The van der Waals surface area contributed by atoms with Gasteiger partial charge in [0.15, 0.2) is 0 Å². The predicted octanol–water partition coefficient (Wildman–Crippen LogP) is 1.46. The Morgan fingerprint density at radius 3 is 3.00 bits per heavy atom. The van der Waals surface area contributed by atoms with Crippen molar-refractivity contribution in [2.45, 2.75) is 63.6 Å². The first kappa shape index (κ1) is 12.8. The Bertz CT molecular complexity index is 270. The number of rotatable bonds is 5. The zero-order valence-corrected chi connectivity index (χ0v) is 10.7. The third kappa shape index (κ3) is 3.19. The summed E-state index contributed by atoms with van der Waals surface area (Å²) in [6.07, 6.45) is 6.50. The van der Waals surface area contributed by atoms with Gasteiger partial charge in [-0.25, -0.2) is 0 Å². The van der Waals surface area contributed by atoms with Gasteiger partial charge in [0.05, 0.1) is 0 Å². The fourth-order valence-electron chi connectivity index (χ4n) is 3.23. The third-order valence-corrected chi connectivity index (χ3v) is 4.13. The van der Waals surface area contributed by atoms with Gasteiger partial charge in [-0.3, -0.25) is 4.79 Å². The Balaban J connectivity index is 1.83. The number of carboxylic acids is 1. The summed E-state index contributed by atoms with van der Waals surface area (Å²) in [6, 6.07) is 0.761. The Morgan fingerprint density at radius 1 is 1.47 bits per heavy atom. The predicted molar refractivity (Wildman–Crippen MR) is 67.1 cm³/mol. The number of hydrogen-bond donors (Lipinski definition) is 2. The van der Waals surface area contributed by atoms with Crippen molar-refractivity contribution in [3.63, 3.8) is 0 Å². The Morgan fingerprint density at radius 2 is 2.29 bits per heavy atom. The van der Waals surface area contributed by atoms with Gasteiger partial charge in [0, 0.05) is 12.1 Å². The molecular weight excluding hydrogens is 216 g/mol. The van der Waals surface area contributed by atoms with E-state index in [4.69, 9.17) is 5.11 Å². The number of hydrogen-bond acceptors (Lipinski definition) is 3. The molecule has 0 aromatic rings. The van der Waals surface area contributed by atoms with Crippen LogP contribution in [0.15, 0.2) is 0 Å². The number of carboxylic acid groups (broad SMARTS) is 1. The van der Waals surface area contributed by atoms with E-state index in [1.807, 2.05) is 6.92 Å². The lowest BCUT2D eigenvalue weighted by atomic mass is 9.96. The monoisotopic (exact) mass is 240 g/mol. The molecule has 2 aliphatic rings. The van der Waals surface area contributed by atoms with Gasteiger partial charge in [-0.2, -0.15) is 0 Å². The molecule has 2 fully saturated rings. The van der Waals surface area contributed by atoms with Crippen LogP contribution in [0.2, 0.25) is 0 Å². The van der Waals surface area contributed by atoms with E-state index >= 15 is 0 Å². The van der Waals surface area contributed by atoms with Crippen molar-refractivity contribution in [1.29, 1.82) is 0 Å². The van der Waals surface area contributed by atoms with Gasteiger partial charge in [0.2, 0.25) is 0 Å². The van der Waals surface area contributed by atoms with E-state index in [0.29, 0.717) is 12.1 Å². The summed E-state index contributed by atoms with van der Waals surface area (Å²) in [5.74, 6) is -0.694. The molecule has 3 unspecified atom stereocenters. The van der Waals surface area contributed by atoms with E-state index in [-0.39, 0.29) is 6.04 Å². The van der Waals surface area contributed by atoms with Gasteiger partial charge < -0.3 is 15.3 Å². The third-order valence-electron chi connectivity index (χ3n) is 4.13. The van der Waals surface area contributed by atoms with Crippen molar-refractivity contribution in [1.82, 2.24) is 10.2 Å². The normalized spacial score (nSPS) is 31.1. The smallest absolute Gasteiger partial charge is 0.320 e. The molecule has 0 spiro atoms. The van der Waals surface area contributed by atoms with Crippen LogP contribution in [0, 0.1) is 0 Å². The number of piperidine rings is 1. The number of nitrogens with zero attached hydrogens (tertiary/aromatic N) is 1. The van der Waals surface area contributed by atoms with Crippen molar-refractivity contribution in [3.8, 4) is 0 Å². The second-order valence-electron chi connectivity index (χ2n) is 5.40. The first-order chi connectivity index (χ1) is 8.20. The van der Waals surface area contributed by atoms with Crippen LogP contribution in [0.1, 0.15) is 45.4 Å². The number of fused-ring (bicyclic) bond motifs is 1. The fraction of sp³-hybridized carbons (Fsp3) is 0.923.